The van der Waals surface area contributed by atoms with Crippen LogP contribution in [-0.4, -0.2) is 29.6 Å². The molecule has 0 rings (SSSR count). The first-order chi connectivity index (χ1) is 6.34. The van der Waals surface area contributed by atoms with Crippen LogP contribution in [0.3, 0.4) is 0 Å². The van der Waals surface area contributed by atoms with Gasteiger partial charge in [0.1, 0.15) is 13.5 Å². The Bertz CT molecular complexity index is 192. The van der Waals surface area contributed by atoms with Gasteiger partial charge in [-0.1, -0.05) is 27.7 Å². The summed E-state index contributed by atoms with van der Waals surface area (Å²) in [6.07, 6.45) is 0.346. The Hall–Kier alpha value is 0.480. The molecule has 4 heteroatoms. The zero-order chi connectivity index (χ0) is 11.4. The van der Waals surface area contributed by atoms with Gasteiger partial charge in [-0.15, -0.1) is 11.6 Å². The van der Waals surface area contributed by atoms with E-state index in [-0.39, 0.29) is 17.4 Å². The summed E-state index contributed by atoms with van der Waals surface area (Å²) in [7, 11) is -2.21. The van der Waals surface area contributed by atoms with E-state index in [4.69, 9.17) is 16.3 Å². The van der Waals surface area contributed by atoms with Gasteiger partial charge in [-0.25, -0.2) is 0 Å². The summed E-state index contributed by atoms with van der Waals surface area (Å²) in [5, 5.41) is 0. The lowest BCUT2D eigenvalue weighted by Gasteiger charge is -2.26. The molecule has 0 aromatic rings. The van der Waals surface area contributed by atoms with Crippen LogP contribution in [0.5, 0.6) is 0 Å². The van der Waals surface area contributed by atoms with Crippen molar-refractivity contribution >= 4 is 18.7 Å². The first-order valence-electron chi connectivity index (χ1n) is 5.10. The van der Waals surface area contributed by atoms with E-state index < -0.39 is 7.14 Å². The quantitative estimate of drug-likeness (QED) is 0.522. The molecule has 0 saturated carbocycles. The topological polar surface area (TPSA) is 26.3 Å². The van der Waals surface area contributed by atoms with Gasteiger partial charge in [0.05, 0.1) is 6.10 Å². The van der Waals surface area contributed by atoms with E-state index in [0.717, 1.165) is 0 Å². The normalized spacial score (nSPS) is 15.1. The van der Waals surface area contributed by atoms with Crippen LogP contribution in [0, 0.1) is 0 Å². The third kappa shape index (κ3) is 3.92. The average Bonchev–Trinajstić information content (AvgIpc) is 2.12. The minimum Gasteiger partial charge on any atom is -0.370 e. The van der Waals surface area contributed by atoms with E-state index in [9.17, 15) is 4.57 Å². The van der Waals surface area contributed by atoms with Gasteiger partial charge in [0.2, 0.25) is 0 Å². The fourth-order valence-corrected chi connectivity index (χ4v) is 3.55. The van der Waals surface area contributed by atoms with Crippen molar-refractivity contribution < 1.29 is 9.30 Å². The van der Waals surface area contributed by atoms with Gasteiger partial charge in [0.15, 0.2) is 0 Å². The number of hydrogen-bond acceptors (Lipinski definition) is 2. The van der Waals surface area contributed by atoms with E-state index >= 15 is 0 Å². The van der Waals surface area contributed by atoms with Crippen LogP contribution < -0.4 is 0 Å². The van der Waals surface area contributed by atoms with Gasteiger partial charge in [-0.2, -0.15) is 0 Å². The highest BCUT2D eigenvalue weighted by Crippen LogP contribution is 2.54. The second kappa shape index (κ2) is 6.15. The Balaban J connectivity index is 4.33. The van der Waals surface area contributed by atoms with E-state index in [0.29, 0.717) is 12.2 Å². The highest BCUT2D eigenvalue weighted by molar-refractivity contribution is 7.65. The molecule has 0 amide bonds. The van der Waals surface area contributed by atoms with Crippen molar-refractivity contribution in [1.82, 2.24) is 0 Å². The molecule has 86 valence electrons. The van der Waals surface area contributed by atoms with Crippen molar-refractivity contribution in [1.29, 1.82) is 0 Å². The van der Waals surface area contributed by atoms with Crippen LogP contribution in [0.15, 0.2) is 0 Å². The number of rotatable bonds is 6. The molecular formula is C10H22ClO2P. The third-order valence-electron chi connectivity index (χ3n) is 2.53. The number of alkyl halides is 1. The molecule has 14 heavy (non-hydrogen) atoms. The second-order valence-corrected chi connectivity index (χ2v) is 8.64. The summed E-state index contributed by atoms with van der Waals surface area (Å²) in [6.45, 7) is 9.88. The van der Waals surface area contributed by atoms with E-state index in [1.165, 1.54) is 0 Å². The van der Waals surface area contributed by atoms with Gasteiger partial charge in [0.25, 0.3) is 0 Å². The van der Waals surface area contributed by atoms with Crippen molar-refractivity contribution in [3.63, 3.8) is 0 Å². The summed E-state index contributed by atoms with van der Waals surface area (Å²) >= 11 is 5.63. The van der Waals surface area contributed by atoms with Crippen LogP contribution >= 0.6 is 18.7 Å². The van der Waals surface area contributed by atoms with E-state index in [2.05, 4.69) is 0 Å². The van der Waals surface area contributed by atoms with Crippen LogP contribution in [0.2, 0.25) is 0 Å². The Kier molecular flexibility index (Phi) is 6.36. The van der Waals surface area contributed by atoms with Crippen LogP contribution in [0.1, 0.15) is 34.6 Å². The highest BCUT2D eigenvalue weighted by atomic mass is 35.5. The van der Waals surface area contributed by atoms with Crippen LogP contribution in [0.4, 0.5) is 0 Å². The Labute approximate surface area is 92.7 Å². The molecule has 0 unspecified atom stereocenters. The Morgan fingerprint density at radius 2 is 1.57 bits per heavy atom. The van der Waals surface area contributed by atoms with Crippen molar-refractivity contribution in [2.45, 2.75) is 52.0 Å². The molecule has 0 aliphatic carbocycles. The average molecular weight is 241 g/mol. The van der Waals surface area contributed by atoms with Crippen molar-refractivity contribution in [2.24, 2.45) is 0 Å². The predicted molar refractivity (Wildman–Crippen MR) is 64.0 cm³/mol. The number of hydrogen-bond donors (Lipinski definition) is 0. The Morgan fingerprint density at radius 1 is 1.14 bits per heavy atom. The summed E-state index contributed by atoms with van der Waals surface area (Å²) in [5.41, 5.74) is 0.370. The first kappa shape index (κ1) is 14.5. The second-order valence-electron chi connectivity index (χ2n) is 4.30. The number of ether oxygens (including phenoxy) is 1. The zero-order valence-corrected chi connectivity index (χ0v) is 11.4. The van der Waals surface area contributed by atoms with Gasteiger partial charge in [-0.3, -0.25) is 0 Å². The maximum Gasteiger partial charge on any atom is 0.117 e. The Morgan fingerprint density at radius 3 is 1.86 bits per heavy atom. The monoisotopic (exact) mass is 240 g/mol. The fourth-order valence-electron chi connectivity index (χ4n) is 1.18. The maximum atomic E-state index is 12.5. The molecule has 0 radical (unpaired) electrons. The summed E-state index contributed by atoms with van der Waals surface area (Å²) < 4.78 is 17.9. The molecule has 0 aliphatic rings. The summed E-state index contributed by atoms with van der Waals surface area (Å²) in [5.74, 6) is 0.455. The molecule has 0 aliphatic heterocycles. The molecule has 0 aromatic carbocycles. The molecule has 1 atom stereocenters. The van der Waals surface area contributed by atoms with Gasteiger partial charge in [-0.05, 0) is 6.92 Å². The molecule has 0 N–H and O–H groups in total. The third-order valence-corrected chi connectivity index (χ3v) is 7.01. The van der Waals surface area contributed by atoms with Crippen molar-refractivity contribution in [3.8, 4) is 0 Å². The maximum absolute atomic E-state index is 12.5. The standard InChI is InChI=1S/C10H22ClO2P/c1-8(2)14(12,9(3)4)7-13-10(5)6-11/h8-10H,6-7H2,1-5H3/t10-/m1/s1. The number of halogens is 1. The predicted octanol–water partition coefficient (Wildman–Crippen LogP) is 3.77. The molecule has 0 heterocycles. The highest BCUT2D eigenvalue weighted by Gasteiger charge is 2.30. The van der Waals surface area contributed by atoms with Gasteiger partial charge in [0, 0.05) is 17.2 Å². The first-order valence-corrected chi connectivity index (χ1v) is 7.67. The minimum absolute atomic E-state index is 0.0116. The van der Waals surface area contributed by atoms with Crippen LogP contribution in [-0.2, 0) is 9.30 Å². The molecular weight excluding hydrogens is 219 g/mol. The lowest BCUT2D eigenvalue weighted by atomic mass is 10.5. The van der Waals surface area contributed by atoms with E-state index in [1.54, 1.807) is 0 Å². The summed E-state index contributed by atoms with van der Waals surface area (Å²) in [4.78, 5) is 0. The van der Waals surface area contributed by atoms with E-state index in [1.807, 2.05) is 34.6 Å². The zero-order valence-electron chi connectivity index (χ0n) is 9.79. The van der Waals surface area contributed by atoms with Crippen molar-refractivity contribution in [3.05, 3.63) is 0 Å². The smallest absolute Gasteiger partial charge is 0.117 e. The molecule has 0 saturated heterocycles. The largest absolute Gasteiger partial charge is 0.370 e. The molecule has 0 bridgehead atoms. The molecule has 0 aromatic heterocycles. The van der Waals surface area contributed by atoms with Crippen molar-refractivity contribution in [2.75, 3.05) is 12.2 Å². The molecule has 0 fully saturated rings. The lowest BCUT2D eigenvalue weighted by Crippen LogP contribution is -2.18. The molecule has 0 spiro atoms. The summed E-state index contributed by atoms with van der Waals surface area (Å²) in [6, 6.07) is 0. The van der Waals surface area contributed by atoms with Gasteiger partial charge >= 0.3 is 0 Å². The van der Waals surface area contributed by atoms with Gasteiger partial charge < -0.3 is 9.30 Å². The van der Waals surface area contributed by atoms with Crippen LogP contribution in [0.25, 0.3) is 0 Å². The fraction of sp³-hybridized carbons (Fsp3) is 1.00. The lowest BCUT2D eigenvalue weighted by molar-refractivity contribution is 0.116. The molecule has 2 nitrogen and oxygen atoms in total. The minimum atomic E-state index is -2.21. The SMILES string of the molecule is CC(C)P(=O)(CO[C@H](C)CCl)C(C)C.